The molecular formula is C11H18ClFN2. The molecule has 1 aromatic rings. The smallest absolute Gasteiger partial charge is 0.126 e. The second kappa shape index (κ2) is 6.77. The van der Waals surface area contributed by atoms with Crippen molar-refractivity contribution >= 4 is 12.4 Å². The second-order valence-electron chi connectivity index (χ2n) is 3.55. The van der Waals surface area contributed by atoms with Gasteiger partial charge in [-0.05, 0) is 43.5 Å². The first-order valence-corrected chi connectivity index (χ1v) is 4.87. The van der Waals surface area contributed by atoms with Gasteiger partial charge in [-0.1, -0.05) is 12.1 Å². The number of hydrogen-bond acceptors (Lipinski definition) is 2. The largest absolute Gasteiger partial charge is 0.330 e. The SMILES string of the molecule is Cc1cc([C@@H](N)CCCN)ccc1F.Cl. The Hall–Kier alpha value is -0.640. The molecule has 0 unspecified atom stereocenters. The summed E-state index contributed by atoms with van der Waals surface area (Å²) in [6.45, 7) is 2.39. The Morgan fingerprint density at radius 2 is 2.07 bits per heavy atom. The molecule has 0 amide bonds. The fourth-order valence-electron chi connectivity index (χ4n) is 1.40. The van der Waals surface area contributed by atoms with Crippen LogP contribution < -0.4 is 11.5 Å². The Balaban J connectivity index is 0.00000196. The molecule has 1 aromatic carbocycles. The van der Waals surface area contributed by atoms with E-state index in [0.717, 1.165) is 18.4 Å². The predicted molar refractivity (Wildman–Crippen MR) is 63.6 cm³/mol. The van der Waals surface area contributed by atoms with E-state index in [1.807, 2.05) is 0 Å². The van der Waals surface area contributed by atoms with Crippen LogP contribution in [0.3, 0.4) is 0 Å². The van der Waals surface area contributed by atoms with Gasteiger partial charge in [0.1, 0.15) is 5.82 Å². The summed E-state index contributed by atoms with van der Waals surface area (Å²) in [7, 11) is 0. The number of halogens is 2. The highest BCUT2D eigenvalue weighted by Gasteiger charge is 2.06. The Bertz CT molecular complexity index is 305. The van der Waals surface area contributed by atoms with E-state index >= 15 is 0 Å². The van der Waals surface area contributed by atoms with Gasteiger partial charge in [0.2, 0.25) is 0 Å². The van der Waals surface area contributed by atoms with E-state index in [9.17, 15) is 4.39 Å². The lowest BCUT2D eigenvalue weighted by atomic mass is 10.0. The van der Waals surface area contributed by atoms with E-state index in [0.29, 0.717) is 12.1 Å². The van der Waals surface area contributed by atoms with Crippen molar-refractivity contribution in [3.63, 3.8) is 0 Å². The zero-order valence-corrected chi connectivity index (χ0v) is 9.69. The first kappa shape index (κ1) is 14.4. The number of rotatable bonds is 4. The highest BCUT2D eigenvalue weighted by atomic mass is 35.5. The maximum Gasteiger partial charge on any atom is 0.126 e. The molecule has 0 aliphatic heterocycles. The first-order valence-electron chi connectivity index (χ1n) is 4.87. The Labute approximate surface area is 96.3 Å². The third kappa shape index (κ3) is 4.16. The number of benzene rings is 1. The van der Waals surface area contributed by atoms with Gasteiger partial charge < -0.3 is 11.5 Å². The molecule has 0 heterocycles. The zero-order valence-electron chi connectivity index (χ0n) is 8.87. The summed E-state index contributed by atoms with van der Waals surface area (Å²) in [5, 5.41) is 0. The lowest BCUT2D eigenvalue weighted by Gasteiger charge is -2.12. The van der Waals surface area contributed by atoms with Crippen LogP contribution in [-0.4, -0.2) is 6.54 Å². The third-order valence-corrected chi connectivity index (χ3v) is 2.33. The van der Waals surface area contributed by atoms with Crippen molar-refractivity contribution in [3.05, 3.63) is 35.1 Å². The van der Waals surface area contributed by atoms with Crippen LogP contribution in [0, 0.1) is 12.7 Å². The number of aryl methyl sites for hydroxylation is 1. The predicted octanol–water partition coefficient (Wildman–Crippen LogP) is 2.29. The molecule has 0 aliphatic carbocycles. The van der Waals surface area contributed by atoms with Gasteiger partial charge >= 0.3 is 0 Å². The van der Waals surface area contributed by atoms with E-state index in [2.05, 4.69) is 0 Å². The Morgan fingerprint density at radius 3 is 2.60 bits per heavy atom. The van der Waals surface area contributed by atoms with Crippen LogP contribution in [0.25, 0.3) is 0 Å². The van der Waals surface area contributed by atoms with Crippen molar-refractivity contribution in [1.29, 1.82) is 0 Å². The minimum absolute atomic E-state index is 0. The molecule has 4 heteroatoms. The molecule has 1 atom stereocenters. The molecule has 86 valence electrons. The molecular weight excluding hydrogens is 215 g/mol. The fraction of sp³-hybridized carbons (Fsp3) is 0.455. The molecule has 0 fully saturated rings. The average Bonchev–Trinajstić information content (AvgIpc) is 2.18. The zero-order chi connectivity index (χ0) is 10.6. The molecule has 0 saturated carbocycles. The van der Waals surface area contributed by atoms with Crippen LogP contribution in [0.1, 0.15) is 30.0 Å². The van der Waals surface area contributed by atoms with Crippen LogP contribution >= 0.6 is 12.4 Å². The Kier molecular flexibility index (Phi) is 6.48. The monoisotopic (exact) mass is 232 g/mol. The van der Waals surface area contributed by atoms with Gasteiger partial charge in [-0.25, -0.2) is 4.39 Å². The summed E-state index contributed by atoms with van der Waals surface area (Å²) in [5.41, 5.74) is 12.9. The van der Waals surface area contributed by atoms with Gasteiger partial charge in [-0.2, -0.15) is 0 Å². The second-order valence-corrected chi connectivity index (χ2v) is 3.55. The number of nitrogens with two attached hydrogens (primary N) is 2. The van der Waals surface area contributed by atoms with E-state index in [-0.39, 0.29) is 24.3 Å². The van der Waals surface area contributed by atoms with Gasteiger partial charge in [0.15, 0.2) is 0 Å². The van der Waals surface area contributed by atoms with Crippen molar-refractivity contribution in [3.8, 4) is 0 Å². The molecule has 0 aromatic heterocycles. The molecule has 0 radical (unpaired) electrons. The summed E-state index contributed by atoms with van der Waals surface area (Å²) in [6.07, 6.45) is 1.75. The standard InChI is InChI=1S/C11H17FN2.ClH/c1-8-7-9(4-5-10(8)12)11(14)3-2-6-13;/h4-5,7,11H,2-3,6,13-14H2,1H3;1H/t11-;/m0./s1. The van der Waals surface area contributed by atoms with E-state index in [4.69, 9.17) is 11.5 Å². The van der Waals surface area contributed by atoms with Gasteiger partial charge in [-0.15, -0.1) is 12.4 Å². The van der Waals surface area contributed by atoms with Crippen molar-refractivity contribution in [2.24, 2.45) is 11.5 Å². The van der Waals surface area contributed by atoms with Crippen molar-refractivity contribution < 1.29 is 4.39 Å². The van der Waals surface area contributed by atoms with Gasteiger partial charge in [0.25, 0.3) is 0 Å². The first-order chi connectivity index (χ1) is 6.65. The van der Waals surface area contributed by atoms with Crippen LogP contribution in [0.2, 0.25) is 0 Å². The summed E-state index contributed by atoms with van der Waals surface area (Å²) < 4.78 is 13.0. The summed E-state index contributed by atoms with van der Waals surface area (Å²) >= 11 is 0. The minimum atomic E-state index is -0.181. The quantitative estimate of drug-likeness (QED) is 0.837. The van der Waals surface area contributed by atoms with Crippen LogP contribution in [0.5, 0.6) is 0 Å². The van der Waals surface area contributed by atoms with E-state index in [1.54, 1.807) is 19.1 Å². The van der Waals surface area contributed by atoms with Crippen molar-refractivity contribution in [2.45, 2.75) is 25.8 Å². The van der Waals surface area contributed by atoms with Crippen LogP contribution in [0.15, 0.2) is 18.2 Å². The van der Waals surface area contributed by atoms with Crippen LogP contribution in [-0.2, 0) is 0 Å². The lowest BCUT2D eigenvalue weighted by molar-refractivity contribution is 0.601. The molecule has 0 bridgehead atoms. The normalized spacial score (nSPS) is 12.0. The average molecular weight is 233 g/mol. The fourth-order valence-corrected chi connectivity index (χ4v) is 1.40. The van der Waals surface area contributed by atoms with Gasteiger partial charge in [-0.3, -0.25) is 0 Å². The van der Waals surface area contributed by atoms with Crippen molar-refractivity contribution in [1.82, 2.24) is 0 Å². The molecule has 1 rings (SSSR count). The molecule has 2 nitrogen and oxygen atoms in total. The molecule has 0 aliphatic rings. The summed E-state index contributed by atoms with van der Waals surface area (Å²) in [6, 6.07) is 4.98. The maximum atomic E-state index is 13.0. The summed E-state index contributed by atoms with van der Waals surface area (Å²) in [5.74, 6) is -0.181. The van der Waals surface area contributed by atoms with E-state index < -0.39 is 0 Å². The van der Waals surface area contributed by atoms with Crippen molar-refractivity contribution in [2.75, 3.05) is 6.54 Å². The number of hydrogen-bond donors (Lipinski definition) is 2. The maximum absolute atomic E-state index is 13.0. The molecule has 0 saturated heterocycles. The lowest BCUT2D eigenvalue weighted by Crippen LogP contribution is -2.12. The highest BCUT2D eigenvalue weighted by molar-refractivity contribution is 5.85. The topological polar surface area (TPSA) is 52.0 Å². The highest BCUT2D eigenvalue weighted by Crippen LogP contribution is 2.18. The summed E-state index contributed by atoms with van der Waals surface area (Å²) in [4.78, 5) is 0. The molecule has 0 spiro atoms. The van der Waals surface area contributed by atoms with Gasteiger partial charge in [0.05, 0.1) is 0 Å². The van der Waals surface area contributed by atoms with Crippen LogP contribution in [0.4, 0.5) is 4.39 Å². The molecule has 15 heavy (non-hydrogen) atoms. The van der Waals surface area contributed by atoms with E-state index in [1.165, 1.54) is 6.07 Å². The van der Waals surface area contributed by atoms with Gasteiger partial charge in [0, 0.05) is 6.04 Å². The minimum Gasteiger partial charge on any atom is -0.330 e. The Morgan fingerprint density at radius 1 is 1.40 bits per heavy atom. The molecule has 4 N–H and O–H groups in total. The third-order valence-electron chi connectivity index (χ3n) is 2.33.